The van der Waals surface area contributed by atoms with Crippen molar-refractivity contribution in [1.82, 2.24) is 0 Å². The number of aliphatic hydroxyl groups is 2. The van der Waals surface area contributed by atoms with Crippen LogP contribution in [0.3, 0.4) is 0 Å². The van der Waals surface area contributed by atoms with Crippen LogP contribution in [0.4, 0.5) is 0 Å². The molecule has 0 spiro atoms. The van der Waals surface area contributed by atoms with Crippen LogP contribution in [-0.4, -0.2) is 60.0 Å². The number of rotatable bonds is 6. The molecule has 2 aromatic rings. The first-order chi connectivity index (χ1) is 18.1. The molecule has 0 bridgehead atoms. The molecule has 218 valence electrons. The molecule has 1 unspecified atom stereocenters. The minimum absolute atomic E-state index is 0. The summed E-state index contributed by atoms with van der Waals surface area (Å²) in [7, 11) is 0. The molecule has 16 heteroatoms. The quantitative estimate of drug-likeness (QED) is 0.255. The van der Waals surface area contributed by atoms with Crippen LogP contribution in [0.1, 0.15) is 25.0 Å². The molecule has 0 heterocycles. The van der Waals surface area contributed by atoms with Crippen LogP contribution in [0.5, 0.6) is 11.5 Å². The smallest absolute Gasteiger partial charge is 0.872 e. The predicted octanol–water partition coefficient (Wildman–Crippen LogP) is 3.06. The van der Waals surface area contributed by atoms with Gasteiger partial charge in [0.2, 0.25) is 0 Å². The van der Waals surface area contributed by atoms with E-state index >= 15 is 0 Å². The van der Waals surface area contributed by atoms with E-state index in [-0.39, 0.29) is 70.9 Å². The Morgan fingerprint density at radius 2 is 1.12 bits per heavy atom. The van der Waals surface area contributed by atoms with E-state index < -0.39 is 0 Å². The molecule has 0 aromatic heterocycles. The Hall–Kier alpha value is -2.96. The number of benzene rings is 2. The maximum atomic E-state index is 11.3. The van der Waals surface area contributed by atoms with Crippen molar-refractivity contribution in [3.05, 3.63) is 67.3 Å². The van der Waals surface area contributed by atoms with Crippen molar-refractivity contribution in [2.75, 3.05) is 13.2 Å². The van der Waals surface area contributed by atoms with E-state index in [2.05, 4.69) is 51.8 Å². The van der Waals surface area contributed by atoms with Crippen LogP contribution in [0.15, 0.2) is 65.3 Å². The molecule has 0 aliphatic heterocycles. The minimum atomic E-state index is -0.173. The van der Waals surface area contributed by atoms with Crippen molar-refractivity contribution in [3.8, 4) is 23.9 Å². The first-order valence-electron chi connectivity index (χ1n) is 10.3. The van der Waals surface area contributed by atoms with Crippen molar-refractivity contribution in [3.63, 3.8) is 0 Å². The Kier molecular flexibility index (Phi) is 32.0. The predicted molar refractivity (Wildman–Crippen MR) is 148 cm³/mol. The van der Waals surface area contributed by atoms with Gasteiger partial charge in [-0.25, -0.2) is 0 Å². The Morgan fingerprint density at radius 1 is 0.800 bits per heavy atom. The van der Waals surface area contributed by atoms with Gasteiger partial charge in [0, 0.05) is 21.4 Å². The molecule has 2 atom stereocenters. The van der Waals surface area contributed by atoms with Gasteiger partial charge < -0.3 is 41.2 Å². The third-order valence-corrected chi connectivity index (χ3v) is 4.59. The fraction of sp³-hybridized carbons (Fsp3) is 0.250. The molecule has 0 saturated carbocycles. The van der Waals surface area contributed by atoms with Gasteiger partial charge in [-0.3, -0.25) is 9.98 Å². The summed E-state index contributed by atoms with van der Waals surface area (Å²) in [5.74, 6) is -0.135. The number of hydrogen-bond acceptors (Lipinski definition) is 10. The molecule has 0 saturated heterocycles. The van der Waals surface area contributed by atoms with E-state index in [1.54, 1.807) is 38.1 Å². The van der Waals surface area contributed by atoms with Gasteiger partial charge in [-0.05, 0) is 49.2 Å². The van der Waals surface area contributed by atoms with Crippen LogP contribution < -0.4 is 10.2 Å². The average Bonchev–Trinajstić information content (AvgIpc) is 2.91. The van der Waals surface area contributed by atoms with Gasteiger partial charge in [0.05, 0.1) is 37.7 Å². The van der Waals surface area contributed by atoms with Crippen molar-refractivity contribution in [2.45, 2.75) is 25.9 Å². The topological polar surface area (TPSA) is 228 Å². The second-order valence-electron chi connectivity index (χ2n) is 6.61. The first kappa shape index (κ1) is 44.1. The maximum absolute atomic E-state index is 11.3. The van der Waals surface area contributed by atoms with E-state index in [4.69, 9.17) is 31.6 Å². The largest absolute Gasteiger partial charge is 2.00 e. The summed E-state index contributed by atoms with van der Waals surface area (Å²) in [5, 5.41) is 69.8. The molecule has 12 nitrogen and oxygen atoms in total. The molecule has 2 radical (unpaired) electrons. The van der Waals surface area contributed by atoms with E-state index in [0.717, 1.165) is 8.95 Å². The fourth-order valence-electron chi connectivity index (χ4n) is 1.79. The van der Waals surface area contributed by atoms with Crippen molar-refractivity contribution < 1.29 is 54.6 Å². The zero-order chi connectivity index (χ0) is 29.3. The molecule has 40 heavy (non-hydrogen) atoms. The Labute approximate surface area is 270 Å². The molecule has 0 aliphatic rings. The molecule has 2 N–H and O–H groups in total. The summed E-state index contributed by atoms with van der Waals surface area (Å²) in [6, 6.07) is 12.0. The van der Waals surface area contributed by atoms with Gasteiger partial charge in [0.1, 0.15) is 0 Å². The summed E-state index contributed by atoms with van der Waals surface area (Å²) in [6.07, 6.45) is 5.55. The van der Waals surface area contributed by atoms with Gasteiger partial charge >= 0.3 is 34.1 Å². The van der Waals surface area contributed by atoms with Gasteiger partial charge in [-0.2, -0.15) is 10.5 Å². The fourth-order valence-corrected chi connectivity index (χ4v) is 2.55. The average molecular weight is 773 g/mol. The van der Waals surface area contributed by atoms with E-state index in [1.807, 2.05) is 0 Å². The Balaban J connectivity index is -0.000000235. The van der Waals surface area contributed by atoms with Crippen molar-refractivity contribution in [1.29, 1.82) is 10.5 Å². The van der Waals surface area contributed by atoms with Crippen molar-refractivity contribution in [2.24, 2.45) is 20.0 Å². The minimum Gasteiger partial charge on any atom is -0.872 e. The van der Waals surface area contributed by atoms with Gasteiger partial charge in [0.25, 0.3) is 0 Å². The molecule has 2 aromatic carbocycles. The second-order valence-corrected chi connectivity index (χ2v) is 8.44. The van der Waals surface area contributed by atoms with E-state index in [1.165, 1.54) is 49.0 Å². The standard InChI is InChI=1S/2C10H12BrNO2.2C2N3.2Cu/c2*1-7(6-13)12-5-8-4-9(11)2-3-10(8)14;2*3-1-5-2-4;;/h2*2-5,7,13-14H,6H2,1H3;;;;/q;;2*-1;2*+2/p-2/t7-;;;;;/m0...../s1. The number of nitrogens with zero attached hydrogens (tertiary/aromatic N) is 8. The second kappa shape index (κ2) is 29.0. The monoisotopic (exact) mass is 770 g/mol. The normalized spacial score (nSPS) is 10.3. The van der Waals surface area contributed by atoms with Crippen molar-refractivity contribution >= 4 is 56.3 Å². The first-order valence-corrected chi connectivity index (χ1v) is 11.9. The number of aliphatic imine (C=N–C) groups is 4. The van der Waals surface area contributed by atoms with Crippen LogP contribution >= 0.6 is 31.9 Å². The van der Waals surface area contributed by atoms with Gasteiger partial charge in [-0.15, -0.1) is 12.0 Å². The number of nitriles is 2. The Bertz CT molecular complexity index is 1140. The summed E-state index contributed by atoms with van der Waals surface area (Å²) < 4.78 is 1.69. The number of halogens is 2. The Morgan fingerprint density at radius 3 is 1.35 bits per heavy atom. The zero-order valence-corrected chi connectivity index (χ0v) is 25.9. The number of aliphatic hydroxyl groups excluding tert-OH is 2. The summed E-state index contributed by atoms with van der Waals surface area (Å²) in [5.41, 5.74) is 1.05. The molecule has 2 rings (SSSR count). The van der Waals surface area contributed by atoms with Gasteiger partial charge in [-0.1, -0.05) is 55.5 Å². The molecular formula is C24H22Br2Cu2N8O4. The third-order valence-electron chi connectivity index (χ3n) is 3.61. The number of hydrogen-bond donors (Lipinski definition) is 2. The maximum Gasteiger partial charge on any atom is 2.00 e. The molecule has 0 aliphatic carbocycles. The zero-order valence-electron chi connectivity index (χ0n) is 20.8. The summed E-state index contributed by atoms with van der Waals surface area (Å²) in [6.45, 7) is 3.52. The van der Waals surface area contributed by atoms with Crippen LogP contribution in [0.25, 0.3) is 10.8 Å². The van der Waals surface area contributed by atoms with Gasteiger partial charge in [0.15, 0.2) is 0 Å². The SMILES string of the molecule is CC(CO)N=Cc1cc(Br)ccc1[O-].C[C@@H](CO)N=Cc1cc(Br)ccc1[O-].N#CN=C=[N-].N#CN=C=[N-].[Cu+2].[Cu+2]. The van der Waals surface area contributed by atoms with Crippen LogP contribution in [0, 0.1) is 22.9 Å². The third kappa shape index (κ3) is 24.1. The summed E-state index contributed by atoms with van der Waals surface area (Å²) in [4.78, 5) is 13.2. The van der Waals surface area contributed by atoms with Crippen LogP contribution in [-0.2, 0) is 34.1 Å². The van der Waals surface area contributed by atoms with Crippen LogP contribution in [0.2, 0.25) is 0 Å². The molecule has 0 fully saturated rings. The molecule has 0 amide bonds. The van der Waals surface area contributed by atoms with E-state index in [9.17, 15) is 10.2 Å². The summed E-state index contributed by atoms with van der Waals surface area (Å²) >= 11 is 6.54. The molecular weight excluding hydrogens is 751 g/mol. The van der Waals surface area contributed by atoms with E-state index in [0.29, 0.717) is 11.1 Å².